The molecule has 1 aromatic carbocycles. The van der Waals surface area contributed by atoms with Crippen LogP contribution in [-0.4, -0.2) is 56.8 Å². The van der Waals surface area contributed by atoms with Crippen LogP contribution in [0.5, 0.6) is 5.75 Å². The van der Waals surface area contributed by atoms with Crippen molar-refractivity contribution in [2.45, 2.75) is 25.0 Å². The number of morpholine rings is 1. The summed E-state index contributed by atoms with van der Waals surface area (Å²) in [5.41, 5.74) is -0.371. The van der Waals surface area contributed by atoms with E-state index in [4.69, 9.17) is 9.47 Å². The molecule has 0 aliphatic carbocycles. The van der Waals surface area contributed by atoms with Crippen molar-refractivity contribution in [3.05, 3.63) is 29.8 Å². The van der Waals surface area contributed by atoms with Crippen molar-refractivity contribution in [3.63, 3.8) is 0 Å². The number of amides is 1. The Hall–Kier alpha value is -1.73. The number of nitrogens with zero attached hydrogens (tertiary/aromatic N) is 1. The Kier molecular flexibility index (Phi) is 5.54. The fourth-order valence-corrected chi connectivity index (χ4v) is 2.44. The second-order valence-electron chi connectivity index (χ2n) is 5.74. The minimum Gasteiger partial charge on any atom is -0.497 e. The van der Waals surface area contributed by atoms with Gasteiger partial charge in [0, 0.05) is 18.7 Å². The summed E-state index contributed by atoms with van der Waals surface area (Å²) in [6.07, 6.45) is -0.302. The van der Waals surface area contributed by atoms with Crippen LogP contribution in [0.25, 0.3) is 0 Å². The van der Waals surface area contributed by atoms with E-state index in [1.54, 1.807) is 6.92 Å². The highest BCUT2D eigenvalue weighted by Crippen LogP contribution is 2.29. The van der Waals surface area contributed by atoms with Crippen LogP contribution >= 0.6 is 0 Å². The highest BCUT2D eigenvalue weighted by atomic mass is 19.3. The van der Waals surface area contributed by atoms with E-state index >= 15 is 0 Å². The number of hydrogen-bond acceptors (Lipinski definition) is 4. The largest absolute Gasteiger partial charge is 0.497 e. The highest BCUT2D eigenvalue weighted by molar-refractivity contribution is 5.85. The number of rotatable bonds is 5. The molecule has 7 heteroatoms. The molecule has 1 N–H and O–H groups in total. The quantitative estimate of drug-likeness (QED) is 0.892. The van der Waals surface area contributed by atoms with E-state index in [1.807, 2.05) is 11.9 Å². The van der Waals surface area contributed by atoms with Crippen molar-refractivity contribution >= 4 is 5.91 Å². The smallest absolute Gasteiger partial charge is 0.349 e. The van der Waals surface area contributed by atoms with E-state index in [0.717, 1.165) is 6.54 Å². The summed E-state index contributed by atoms with van der Waals surface area (Å²) in [5, 5.41) is 2.37. The minimum atomic E-state index is -3.61. The summed E-state index contributed by atoms with van der Waals surface area (Å²) in [7, 11) is 3.37. The van der Waals surface area contributed by atoms with Crippen molar-refractivity contribution in [2.24, 2.45) is 0 Å². The molecule has 0 radical (unpaired) electrons. The second-order valence-corrected chi connectivity index (χ2v) is 5.74. The van der Waals surface area contributed by atoms with Crippen molar-refractivity contribution in [1.29, 1.82) is 0 Å². The molecule has 1 aliphatic heterocycles. The maximum absolute atomic E-state index is 14.3. The molecule has 1 heterocycles. The molecule has 0 aromatic heterocycles. The van der Waals surface area contributed by atoms with Crippen molar-refractivity contribution in [1.82, 2.24) is 10.2 Å². The van der Waals surface area contributed by atoms with Gasteiger partial charge in [-0.05, 0) is 38.2 Å². The molecule has 0 spiro atoms. The minimum absolute atomic E-state index is 0.302. The first-order chi connectivity index (χ1) is 10.8. The molecule has 23 heavy (non-hydrogen) atoms. The van der Waals surface area contributed by atoms with Gasteiger partial charge in [0.15, 0.2) is 0 Å². The Bertz CT molecular complexity index is 537. The van der Waals surface area contributed by atoms with Crippen LogP contribution in [0.15, 0.2) is 24.3 Å². The Balaban J connectivity index is 2.02. The third-order valence-electron chi connectivity index (χ3n) is 3.95. The van der Waals surface area contributed by atoms with Gasteiger partial charge in [0.1, 0.15) is 5.75 Å². The SMILES string of the molecule is COc1ccc(C(F)(F)C(=O)NC(C)C2CN(C)CCO2)cc1. The van der Waals surface area contributed by atoms with Gasteiger partial charge in [0.05, 0.1) is 25.9 Å². The van der Waals surface area contributed by atoms with Crippen molar-refractivity contribution < 1.29 is 23.0 Å². The van der Waals surface area contributed by atoms with Crippen molar-refractivity contribution in [3.8, 4) is 5.75 Å². The number of carbonyl (C=O) groups excluding carboxylic acids is 1. The van der Waals surface area contributed by atoms with Crippen LogP contribution in [0.3, 0.4) is 0 Å². The standard InChI is InChI=1S/C16H22F2N2O3/c1-11(14-10-20(2)8-9-23-14)19-15(21)16(17,18)12-4-6-13(22-3)7-5-12/h4-7,11,14H,8-10H2,1-3H3,(H,19,21). The fourth-order valence-electron chi connectivity index (χ4n) is 2.44. The van der Waals surface area contributed by atoms with Gasteiger partial charge in [0.2, 0.25) is 0 Å². The van der Waals surface area contributed by atoms with Gasteiger partial charge >= 0.3 is 5.92 Å². The lowest BCUT2D eigenvalue weighted by Gasteiger charge is -2.34. The van der Waals surface area contributed by atoms with Gasteiger partial charge in [-0.15, -0.1) is 0 Å². The second kappa shape index (κ2) is 7.23. The van der Waals surface area contributed by atoms with Crippen LogP contribution < -0.4 is 10.1 Å². The molecule has 128 valence electrons. The maximum Gasteiger partial charge on any atom is 0.349 e. The zero-order chi connectivity index (χ0) is 17.0. The molecular weight excluding hydrogens is 306 g/mol. The molecule has 2 unspecified atom stereocenters. The average molecular weight is 328 g/mol. The van der Waals surface area contributed by atoms with E-state index in [-0.39, 0.29) is 11.7 Å². The lowest BCUT2D eigenvalue weighted by molar-refractivity contribution is -0.149. The van der Waals surface area contributed by atoms with Crippen LogP contribution in [0, 0.1) is 0 Å². The summed E-state index contributed by atoms with van der Waals surface area (Å²) in [5.74, 6) is -4.48. The molecule has 0 bridgehead atoms. The van der Waals surface area contributed by atoms with Crippen molar-refractivity contribution in [2.75, 3.05) is 33.9 Å². The van der Waals surface area contributed by atoms with Crippen LogP contribution in [0.1, 0.15) is 12.5 Å². The number of carbonyl (C=O) groups is 1. The monoisotopic (exact) mass is 328 g/mol. The van der Waals surface area contributed by atoms with Gasteiger partial charge in [-0.25, -0.2) is 0 Å². The first kappa shape index (κ1) is 17.6. The van der Waals surface area contributed by atoms with Gasteiger partial charge < -0.3 is 19.7 Å². The number of ether oxygens (including phenoxy) is 2. The summed E-state index contributed by atoms with van der Waals surface area (Å²) >= 11 is 0. The third-order valence-corrected chi connectivity index (χ3v) is 3.95. The number of halogens is 2. The van der Waals surface area contributed by atoms with E-state index in [2.05, 4.69) is 5.32 Å². The van der Waals surface area contributed by atoms with E-state index in [0.29, 0.717) is 18.9 Å². The molecule has 2 atom stereocenters. The average Bonchev–Trinajstić information content (AvgIpc) is 2.54. The third kappa shape index (κ3) is 4.17. The molecule has 1 fully saturated rings. The zero-order valence-electron chi connectivity index (χ0n) is 13.5. The Morgan fingerprint density at radius 3 is 2.65 bits per heavy atom. The number of likely N-dealkylation sites (N-methyl/N-ethyl adjacent to an activating group) is 1. The molecule has 0 saturated carbocycles. The number of alkyl halides is 2. The van der Waals surface area contributed by atoms with E-state index in [1.165, 1.54) is 31.4 Å². The lowest BCUT2D eigenvalue weighted by Crippen LogP contribution is -2.53. The number of methoxy groups -OCH3 is 1. The molecule has 1 aliphatic rings. The molecule has 1 saturated heterocycles. The lowest BCUT2D eigenvalue weighted by atomic mass is 10.1. The summed E-state index contributed by atoms with van der Waals surface area (Å²) in [6, 6.07) is 4.68. The molecule has 1 amide bonds. The maximum atomic E-state index is 14.3. The van der Waals surface area contributed by atoms with Gasteiger partial charge in [0.25, 0.3) is 5.91 Å². The summed E-state index contributed by atoms with van der Waals surface area (Å²) in [6.45, 7) is 3.58. The summed E-state index contributed by atoms with van der Waals surface area (Å²) < 4.78 is 39.0. The molecular formula is C16H22F2N2O3. The van der Waals surface area contributed by atoms with Crippen LogP contribution in [-0.2, 0) is 15.5 Å². The molecule has 2 rings (SSSR count). The predicted molar refractivity (Wildman–Crippen MR) is 81.7 cm³/mol. The number of benzene rings is 1. The Morgan fingerprint density at radius 2 is 2.09 bits per heavy atom. The highest BCUT2D eigenvalue weighted by Gasteiger charge is 2.42. The van der Waals surface area contributed by atoms with E-state index < -0.39 is 17.9 Å². The topological polar surface area (TPSA) is 50.8 Å². The Morgan fingerprint density at radius 1 is 1.43 bits per heavy atom. The number of hydrogen-bond donors (Lipinski definition) is 1. The fraction of sp³-hybridized carbons (Fsp3) is 0.562. The van der Waals surface area contributed by atoms with Gasteiger partial charge in [-0.3, -0.25) is 4.79 Å². The van der Waals surface area contributed by atoms with Gasteiger partial charge in [-0.1, -0.05) is 0 Å². The van der Waals surface area contributed by atoms with Crippen LogP contribution in [0.2, 0.25) is 0 Å². The molecule has 1 aromatic rings. The zero-order valence-corrected chi connectivity index (χ0v) is 13.5. The summed E-state index contributed by atoms with van der Waals surface area (Å²) in [4.78, 5) is 14.0. The first-order valence-electron chi connectivity index (χ1n) is 7.48. The number of nitrogens with one attached hydrogen (secondary N) is 1. The van der Waals surface area contributed by atoms with E-state index in [9.17, 15) is 13.6 Å². The normalized spacial score (nSPS) is 20.8. The predicted octanol–water partition coefficient (Wildman–Crippen LogP) is 1.62. The van der Waals surface area contributed by atoms with Crippen LogP contribution in [0.4, 0.5) is 8.78 Å². The van der Waals surface area contributed by atoms with Gasteiger partial charge in [-0.2, -0.15) is 8.78 Å². The molecule has 5 nitrogen and oxygen atoms in total. The first-order valence-corrected chi connectivity index (χ1v) is 7.48. The Labute approximate surface area is 134 Å².